The Kier molecular flexibility index (Phi) is 6.17. The molecule has 0 heterocycles. The number of anilines is 1. The second-order valence-corrected chi connectivity index (χ2v) is 5.46. The summed E-state index contributed by atoms with van der Waals surface area (Å²) < 4.78 is 0. The quantitative estimate of drug-likeness (QED) is 0.785. The number of amides is 3. The molecule has 0 spiro atoms. The maximum Gasteiger partial charge on any atom is 0.255 e. The molecule has 0 fully saturated rings. The van der Waals surface area contributed by atoms with Crippen molar-refractivity contribution in [1.29, 1.82) is 0 Å². The molecule has 0 saturated heterocycles. The highest BCUT2D eigenvalue weighted by atomic mass is 16.2. The fourth-order valence-corrected chi connectivity index (χ4v) is 2.20. The molecular weight excluding hydrogens is 320 g/mol. The smallest absolute Gasteiger partial charge is 0.255 e. The topological polar surface area (TPSA) is 83.6 Å². The molecule has 1 N–H and O–H groups in total. The van der Waals surface area contributed by atoms with Crippen LogP contribution in [0.3, 0.4) is 0 Å². The molecule has 0 radical (unpaired) electrons. The Morgan fingerprint density at radius 2 is 1.64 bits per heavy atom. The van der Waals surface area contributed by atoms with Crippen LogP contribution in [0.1, 0.15) is 33.2 Å². The van der Waals surface area contributed by atoms with Crippen molar-refractivity contribution in [3.05, 3.63) is 65.2 Å². The zero-order valence-electron chi connectivity index (χ0n) is 13.8. The Labute approximate surface area is 145 Å². The third kappa shape index (κ3) is 5.10. The highest BCUT2D eigenvalue weighted by Gasteiger charge is 2.08. The predicted molar refractivity (Wildman–Crippen MR) is 93.4 cm³/mol. The molecule has 128 valence electrons. The number of carbonyl (C=O) groups is 4. The highest BCUT2D eigenvalue weighted by Crippen LogP contribution is 2.12. The van der Waals surface area contributed by atoms with Crippen molar-refractivity contribution in [2.45, 2.75) is 13.3 Å². The van der Waals surface area contributed by atoms with Gasteiger partial charge in [-0.3, -0.25) is 24.1 Å². The molecule has 2 aromatic rings. The van der Waals surface area contributed by atoms with E-state index in [1.54, 1.807) is 36.4 Å². The van der Waals surface area contributed by atoms with Crippen molar-refractivity contribution in [3.63, 3.8) is 0 Å². The number of hydrogen-bond donors (Lipinski definition) is 1. The first-order valence-corrected chi connectivity index (χ1v) is 7.71. The molecule has 0 bridgehead atoms. The lowest BCUT2D eigenvalue weighted by molar-refractivity contribution is -0.136. The molecule has 3 amide bonds. The van der Waals surface area contributed by atoms with Gasteiger partial charge in [-0.1, -0.05) is 24.3 Å². The summed E-state index contributed by atoms with van der Waals surface area (Å²) in [5.74, 6) is -0.562. The summed E-state index contributed by atoms with van der Waals surface area (Å²) in [7, 11) is 0. The molecular formula is C19H18N2O4. The summed E-state index contributed by atoms with van der Waals surface area (Å²) >= 11 is 0. The van der Waals surface area contributed by atoms with Crippen LogP contribution < -0.4 is 5.32 Å². The lowest BCUT2D eigenvalue weighted by Crippen LogP contribution is -2.29. The van der Waals surface area contributed by atoms with E-state index in [0.717, 1.165) is 16.7 Å². The van der Waals surface area contributed by atoms with Gasteiger partial charge >= 0.3 is 0 Å². The van der Waals surface area contributed by atoms with E-state index in [1.807, 2.05) is 12.1 Å². The number of imide groups is 1. The van der Waals surface area contributed by atoms with Crippen LogP contribution in [0.15, 0.2) is 48.5 Å². The molecule has 0 aliphatic rings. The van der Waals surface area contributed by atoms with E-state index in [0.29, 0.717) is 36.2 Å². The van der Waals surface area contributed by atoms with Gasteiger partial charge in [0.05, 0.1) is 0 Å². The second-order valence-electron chi connectivity index (χ2n) is 5.46. The number of carbonyl (C=O) groups excluding carboxylic acids is 4. The van der Waals surface area contributed by atoms with Gasteiger partial charge in [-0.15, -0.1) is 0 Å². The summed E-state index contributed by atoms with van der Waals surface area (Å²) in [5.41, 5.74) is 2.54. The number of rotatable bonds is 7. The standard InChI is InChI=1S/C19H18N2O4/c1-14(24)21(13-23)11-10-15-4-8-18(9-5-15)20-19(25)17-6-2-16(12-22)3-7-17/h2-9,12-13H,10-11H2,1H3,(H,20,25). The summed E-state index contributed by atoms with van der Waals surface area (Å²) in [4.78, 5) is 45.8. The first kappa shape index (κ1) is 18.1. The van der Waals surface area contributed by atoms with E-state index >= 15 is 0 Å². The van der Waals surface area contributed by atoms with Gasteiger partial charge in [-0.05, 0) is 36.2 Å². The molecule has 6 nitrogen and oxygen atoms in total. The lowest BCUT2D eigenvalue weighted by atomic mass is 10.1. The van der Waals surface area contributed by atoms with E-state index in [4.69, 9.17) is 0 Å². The summed E-state index contributed by atoms with van der Waals surface area (Å²) in [6.07, 6.45) is 1.78. The lowest BCUT2D eigenvalue weighted by Gasteiger charge is -2.13. The van der Waals surface area contributed by atoms with Gasteiger partial charge < -0.3 is 5.32 Å². The number of nitrogens with zero attached hydrogens (tertiary/aromatic N) is 1. The van der Waals surface area contributed by atoms with Crippen molar-refractivity contribution < 1.29 is 19.2 Å². The molecule has 0 aliphatic carbocycles. The maximum atomic E-state index is 12.1. The Balaban J connectivity index is 1.95. The van der Waals surface area contributed by atoms with Gasteiger partial charge in [0, 0.05) is 30.3 Å². The minimum atomic E-state index is -0.292. The van der Waals surface area contributed by atoms with Gasteiger partial charge in [-0.2, -0.15) is 0 Å². The summed E-state index contributed by atoms with van der Waals surface area (Å²) in [6, 6.07) is 13.5. The largest absolute Gasteiger partial charge is 0.322 e. The minimum Gasteiger partial charge on any atom is -0.322 e. The molecule has 2 aromatic carbocycles. The van der Waals surface area contributed by atoms with Gasteiger partial charge in [0.1, 0.15) is 6.29 Å². The Hall–Kier alpha value is -3.28. The Morgan fingerprint density at radius 1 is 1.00 bits per heavy atom. The van der Waals surface area contributed by atoms with Crippen LogP contribution in [0.25, 0.3) is 0 Å². The van der Waals surface area contributed by atoms with Crippen molar-refractivity contribution in [2.75, 3.05) is 11.9 Å². The normalized spacial score (nSPS) is 9.96. The molecule has 0 unspecified atom stereocenters. The van der Waals surface area contributed by atoms with Crippen LogP contribution in [0, 0.1) is 0 Å². The fourth-order valence-electron chi connectivity index (χ4n) is 2.20. The SMILES string of the molecule is CC(=O)N(C=O)CCc1ccc(NC(=O)c2ccc(C=O)cc2)cc1. The Bertz CT molecular complexity index is 767. The van der Waals surface area contributed by atoms with Gasteiger partial charge in [0.25, 0.3) is 5.91 Å². The zero-order chi connectivity index (χ0) is 18.2. The Morgan fingerprint density at radius 3 is 2.16 bits per heavy atom. The minimum absolute atomic E-state index is 0.270. The third-order valence-corrected chi connectivity index (χ3v) is 3.69. The van der Waals surface area contributed by atoms with Crippen LogP contribution in [-0.4, -0.2) is 36.0 Å². The molecule has 0 saturated carbocycles. The van der Waals surface area contributed by atoms with E-state index in [9.17, 15) is 19.2 Å². The average Bonchev–Trinajstić information content (AvgIpc) is 2.63. The first-order valence-electron chi connectivity index (χ1n) is 7.71. The second kappa shape index (κ2) is 8.54. The summed E-state index contributed by atoms with van der Waals surface area (Å²) in [5, 5.41) is 2.77. The van der Waals surface area contributed by atoms with Gasteiger partial charge in [0.2, 0.25) is 12.3 Å². The van der Waals surface area contributed by atoms with Crippen molar-refractivity contribution in [2.24, 2.45) is 0 Å². The van der Waals surface area contributed by atoms with Crippen LogP contribution in [0.5, 0.6) is 0 Å². The van der Waals surface area contributed by atoms with E-state index in [-0.39, 0.29) is 11.8 Å². The summed E-state index contributed by atoms with van der Waals surface area (Å²) in [6.45, 7) is 1.66. The van der Waals surface area contributed by atoms with E-state index < -0.39 is 0 Å². The van der Waals surface area contributed by atoms with E-state index in [1.165, 1.54) is 6.92 Å². The average molecular weight is 338 g/mol. The van der Waals surface area contributed by atoms with Crippen molar-refractivity contribution in [3.8, 4) is 0 Å². The van der Waals surface area contributed by atoms with Gasteiger partial charge in [0.15, 0.2) is 0 Å². The van der Waals surface area contributed by atoms with Crippen LogP contribution in [0.4, 0.5) is 5.69 Å². The monoisotopic (exact) mass is 338 g/mol. The number of nitrogens with one attached hydrogen (secondary N) is 1. The highest BCUT2D eigenvalue weighted by molar-refractivity contribution is 6.04. The van der Waals surface area contributed by atoms with Crippen LogP contribution in [-0.2, 0) is 16.0 Å². The fraction of sp³-hybridized carbons (Fsp3) is 0.158. The van der Waals surface area contributed by atoms with Crippen LogP contribution >= 0.6 is 0 Å². The third-order valence-electron chi connectivity index (χ3n) is 3.69. The first-order chi connectivity index (χ1) is 12.0. The predicted octanol–water partition coefficient (Wildman–Crippen LogP) is 2.30. The molecule has 25 heavy (non-hydrogen) atoms. The molecule has 6 heteroatoms. The zero-order valence-corrected chi connectivity index (χ0v) is 13.8. The van der Waals surface area contributed by atoms with Crippen LogP contribution in [0.2, 0.25) is 0 Å². The van der Waals surface area contributed by atoms with Gasteiger partial charge in [-0.25, -0.2) is 0 Å². The molecule has 0 atom stereocenters. The molecule has 0 aliphatic heterocycles. The number of hydrogen-bond acceptors (Lipinski definition) is 4. The maximum absolute atomic E-state index is 12.1. The molecule has 2 rings (SSSR count). The van der Waals surface area contributed by atoms with Crippen molar-refractivity contribution in [1.82, 2.24) is 4.90 Å². The number of benzene rings is 2. The van der Waals surface area contributed by atoms with E-state index in [2.05, 4.69) is 5.32 Å². The number of aldehydes is 1. The molecule has 0 aromatic heterocycles. The van der Waals surface area contributed by atoms with Crippen molar-refractivity contribution >= 4 is 30.2 Å².